The SMILES string of the molecule is C[C@H](O)/C=C/[C@@H]1C(C)(C)[C@@H](C)CC[C@]1(C)O. The van der Waals surface area contributed by atoms with E-state index in [-0.39, 0.29) is 11.3 Å². The van der Waals surface area contributed by atoms with E-state index in [1.54, 1.807) is 13.0 Å². The summed E-state index contributed by atoms with van der Waals surface area (Å²) >= 11 is 0. The fourth-order valence-corrected chi connectivity index (χ4v) is 2.87. The van der Waals surface area contributed by atoms with Crippen molar-refractivity contribution in [3.63, 3.8) is 0 Å². The van der Waals surface area contributed by atoms with E-state index in [1.807, 2.05) is 13.0 Å². The van der Waals surface area contributed by atoms with Gasteiger partial charge in [-0.3, -0.25) is 0 Å². The van der Waals surface area contributed by atoms with E-state index < -0.39 is 11.7 Å². The molecule has 0 amide bonds. The maximum absolute atomic E-state index is 10.5. The normalized spacial score (nSPS) is 41.2. The third-order valence-corrected chi connectivity index (χ3v) is 4.41. The van der Waals surface area contributed by atoms with Crippen molar-refractivity contribution in [2.45, 2.75) is 59.2 Å². The summed E-state index contributed by atoms with van der Waals surface area (Å²) in [6.07, 6.45) is 5.26. The lowest BCUT2D eigenvalue weighted by Crippen LogP contribution is -2.49. The van der Waals surface area contributed by atoms with Crippen LogP contribution in [0, 0.1) is 17.3 Å². The van der Waals surface area contributed by atoms with E-state index in [1.165, 1.54) is 0 Å². The molecule has 0 heterocycles. The van der Waals surface area contributed by atoms with Gasteiger partial charge in [0, 0.05) is 5.92 Å². The molecule has 0 aromatic rings. The van der Waals surface area contributed by atoms with Gasteiger partial charge in [0.05, 0.1) is 11.7 Å². The molecule has 16 heavy (non-hydrogen) atoms. The number of hydrogen-bond donors (Lipinski definition) is 2. The highest BCUT2D eigenvalue weighted by atomic mass is 16.3. The molecule has 0 bridgehead atoms. The Morgan fingerprint density at radius 2 is 1.88 bits per heavy atom. The fourth-order valence-electron chi connectivity index (χ4n) is 2.87. The molecule has 0 aromatic carbocycles. The zero-order valence-corrected chi connectivity index (χ0v) is 11.2. The molecule has 1 fully saturated rings. The number of hydrogen-bond acceptors (Lipinski definition) is 2. The minimum atomic E-state index is -0.651. The summed E-state index contributed by atoms with van der Waals surface area (Å²) in [5.41, 5.74) is -0.575. The van der Waals surface area contributed by atoms with Gasteiger partial charge in [-0.05, 0) is 38.0 Å². The largest absolute Gasteiger partial charge is 0.390 e. The Kier molecular flexibility index (Phi) is 3.86. The van der Waals surface area contributed by atoms with Crippen molar-refractivity contribution in [2.24, 2.45) is 17.3 Å². The van der Waals surface area contributed by atoms with Crippen LogP contribution in [0.3, 0.4) is 0 Å². The van der Waals surface area contributed by atoms with Crippen LogP contribution in [0.2, 0.25) is 0 Å². The van der Waals surface area contributed by atoms with E-state index >= 15 is 0 Å². The number of aliphatic hydroxyl groups excluding tert-OH is 1. The lowest BCUT2D eigenvalue weighted by molar-refractivity contribution is -0.0900. The smallest absolute Gasteiger partial charge is 0.0692 e. The van der Waals surface area contributed by atoms with Crippen LogP contribution in [0.4, 0.5) is 0 Å². The second kappa shape index (κ2) is 4.50. The summed E-state index contributed by atoms with van der Waals surface area (Å²) in [6.45, 7) is 10.3. The van der Waals surface area contributed by atoms with Gasteiger partial charge in [0.25, 0.3) is 0 Å². The molecule has 1 rings (SSSR count). The van der Waals surface area contributed by atoms with Crippen LogP contribution in [0.15, 0.2) is 12.2 Å². The molecular formula is C14H26O2. The highest BCUT2D eigenvalue weighted by Gasteiger charge is 2.47. The Morgan fingerprint density at radius 3 is 2.38 bits per heavy atom. The van der Waals surface area contributed by atoms with E-state index in [0.717, 1.165) is 12.8 Å². The zero-order chi connectivity index (χ0) is 12.6. The van der Waals surface area contributed by atoms with Gasteiger partial charge < -0.3 is 10.2 Å². The van der Waals surface area contributed by atoms with Crippen LogP contribution in [0.5, 0.6) is 0 Å². The lowest BCUT2D eigenvalue weighted by atomic mass is 9.57. The molecule has 0 spiro atoms. The first-order valence-electron chi connectivity index (χ1n) is 6.26. The standard InChI is InChI=1S/C14H26O2/c1-10-8-9-14(5,16)12(13(10,3)4)7-6-11(2)15/h6-7,10-12,15-16H,8-9H2,1-5H3/b7-6+/t10-,11-,12+,14-/m0/s1. The molecule has 0 aliphatic heterocycles. The monoisotopic (exact) mass is 226 g/mol. The summed E-state index contributed by atoms with van der Waals surface area (Å²) < 4.78 is 0. The van der Waals surface area contributed by atoms with Gasteiger partial charge in [-0.1, -0.05) is 32.9 Å². The summed E-state index contributed by atoms with van der Waals surface area (Å²) in [5, 5.41) is 19.8. The third kappa shape index (κ3) is 2.67. The average molecular weight is 226 g/mol. The van der Waals surface area contributed by atoms with Crippen LogP contribution < -0.4 is 0 Å². The predicted octanol–water partition coefficient (Wildman–Crippen LogP) is 2.75. The van der Waals surface area contributed by atoms with Crippen molar-refractivity contribution >= 4 is 0 Å². The Bertz CT molecular complexity index is 264. The molecule has 2 nitrogen and oxygen atoms in total. The molecule has 0 aromatic heterocycles. The molecule has 0 saturated heterocycles. The van der Waals surface area contributed by atoms with Crippen molar-refractivity contribution in [1.29, 1.82) is 0 Å². The molecule has 0 unspecified atom stereocenters. The van der Waals surface area contributed by atoms with Gasteiger partial charge in [0.15, 0.2) is 0 Å². The van der Waals surface area contributed by atoms with E-state index in [0.29, 0.717) is 5.92 Å². The average Bonchev–Trinajstić information content (AvgIpc) is 2.11. The maximum atomic E-state index is 10.5. The second-order valence-electron chi connectivity index (χ2n) is 6.22. The van der Waals surface area contributed by atoms with Crippen LogP contribution in [0.25, 0.3) is 0 Å². The van der Waals surface area contributed by atoms with E-state index in [9.17, 15) is 10.2 Å². The Hall–Kier alpha value is -0.340. The quantitative estimate of drug-likeness (QED) is 0.711. The number of aliphatic hydroxyl groups is 2. The molecule has 0 radical (unpaired) electrons. The first-order chi connectivity index (χ1) is 7.18. The van der Waals surface area contributed by atoms with Gasteiger partial charge in [0.1, 0.15) is 0 Å². The van der Waals surface area contributed by atoms with Crippen LogP contribution in [-0.2, 0) is 0 Å². The number of rotatable bonds is 2. The fraction of sp³-hybridized carbons (Fsp3) is 0.857. The van der Waals surface area contributed by atoms with Gasteiger partial charge >= 0.3 is 0 Å². The maximum Gasteiger partial charge on any atom is 0.0692 e. The molecule has 4 atom stereocenters. The van der Waals surface area contributed by atoms with Crippen LogP contribution in [0.1, 0.15) is 47.5 Å². The van der Waals surface area contributed by atoms with Crippen molar-refractivity contribution in [2.75, 3.05) is 0 Å². The van der Waals surface area contributed by atoms with E-state index in [4.69, 9.17) is 0 Å². The topological polar surface area (TPSA) is 40.5 Å². The minimum Gasteiger partial charge on any atom is -0.390 e. The lowest BCUT2D eigenvalue weighted by Gasteiger charge is -2.50. The highest BCUT2D eigenvalue weighted by molar-refractivity contribution is 5.09. The van der Waals surface area contributed by atoms with Crippen LogP contribution >= 0.6 is 0 Å². The summed E-state index contributed by atoms with van der Waals surface area (Å²) in [4.78, 5) is 0. The summed E-state index contributed by atoms with van der Waals surface area (Å²) in [6, 6.07) is 0. The van der Waals surface area contributed by atoms with E-state index in [2.05, 4.69) is 20.8 Å². The molecular weight excluding hydrogens is 200 g/mol. The first-order valence-corrected chi connectivity index (χ1v) is 6.26. The Balaban J connectivity index is 2.96. The third-order valence-electron chi connectivity index (χ3n) is 4.41. The van der Waals surface area contributed by atoms with Gasteiger partial charge in [-0.15, -0.1) is 0 Å². The molecule has 2 heteroatoms. The second-order valence-corrected chi connectivity index (χ2v) is 6.22. The van der Waals surface area contributed by atoms with Crippen LogP contribution in [-0.4, -0.2) is 21.9 Å². The molecule has 1 saturated carbocycles. The van der Waals surface area contributed by atoms with Crippen molar-refractivity contribution in [3.05, 3.63) is 12.2 Å². The van der Waals surface area contributed by atoms with Crippen molar-refractivity contribution in [3.8, 4) is 0 Å². The summed E-state index contributed by atoms with van der Waals surface area (Å²) in [5.74, 6) is 0.703. The van der Waals surface area contributed by atoms with Crippen molar-refractivity contribution in [1.82, 2.24) is 0 Å². The van der Waals surface area contributed by atoms with Gasteiger partial charge in [-0.2, -0.15) is 0 Å². The Labute approximate surface area is 99.4 Å². The minimum absolute atomic E-state index is 0.0765. The molecule has 1 aliphatic rings. The van der Waals surface area contributed by atoms with Gasteiger partial charge in [-0.25, -0.2) is 0 Å². The predicted molar refractivity (Wildman–Crippen MR) is 67.1 cm³/mol. The molecule has 94 valence electrons. The highest BCUT2D eigenvalue weighted by Crippen LogP contribution is 2.50. The Morgan fingerprint density at radius 1 is 1.31 bits per heavy atom. The zero-order valence-electron chi connectivity index (χ0n) is 11.2. The molecule has 1 aliphatic carbocycles. The first kappa shape index (κ1) is 13.7. The van der Waals surface area contributed by atoms with Crippen molar-refractivity contribution < 1.29 is 10.2 Å². The summed E-state index contributed by atoms with van der Waals surface area (Å²) in [7, 11) is 0. The molecule has 2 N–H and O–H groups in total. The van der Waals surface area contributed by atoms with Gasteiger partial charge in [0.2, 0.25) is 0 Å².